The maximum absolute atomic E-state index is 13.4. The fraction of sp³-hybridized carbons (Fsp3) is 0.500. The smallest absolute Gasteiger partial charge is 0.237 e. The van der Waals surface area contributed by atoms with Gasteiger partial charge in [0, 0.05) is 12.1 Å². The minimum atomic E-state index is -1.02. The number of carbonyl (C=O) groups is 1. The molecule has 1 aromatic carbocycles. The molecule has 1 fully saturated rings. The van der Waals surface area contributed by atoms with E-state index in [1.807, 2.05) is 0 Å². The molecule has 1 saturated heterocycles. The van der Waals surface area contributed by atoms with Gasteiger partial charge < -0.3 is 15.7 Å². The van der Waals surface area contributed by atoms with E-state index >= 15 is 0 Å². The van der Waals surface area contributed by atoms with Crippen molar-refractivity contribution < 1.29 is 14.3 Å². The lowest BCUT2D eigenvalue weighted by Gasteiger charge is -2.23. The number of nitrogens with one attached hydrogen (secondary N) is 2. The van der Waals surface area contributed by atoms with Gasteiger partial charge in [-0.1, -0.05) is 24.6 Å². The molecule has 1 aliphatic rings. The average molecular weight is 266 g/mol. The molecule has 4 nitrogen and oxygen atoms in total. The maximum Gasteiger partial charge on any atom is 0.237 e. The summed E-state index contributed by atoms with van der Waals surface area (Å²) >= 11 is 0. The van der Waals surface area contributed by atoms with Crippen LogP contribution in [-0.2, 0) is 4.79 Å². The number of halogens is 1. The molecular weight excluding hydrogens is 247 g/mol. The summed E-state index contributed by atoms with van der Waals surface area (Å²) < 4.78 is 13.4. The summed E-state index contributed by atoms with van der Waals surface area (Å²) in [5.41, 5.74) is 0.208. The first kappa shape index (κ1) is 14.0. The SMILES string of the molecule is O=C(NCC(O)c1ccccc1F)[C@H]1CCCCN1. The Bertz CT molecular complexity index is 433. The molecular formula is C14H19FN2O2. The van der Waals surface area contributed by atoms with Gasteiger partial charge in [0.25, 0.3) is 0 Å². The Labute approximate surface area is 112 Å². The molecule has 5 heteroatoms. The molecule has 2 atom stereocenters. The van der Waals surface area contributed by atoms with E-state index in [-0.39, 0.29) is 24.1 Å². The first-order valence-electron chi connectivity index (χ1n) is 6.62. The van der Waals surface area contributed by atoms with E-state index in [0.29, 0.717) is 0 Å². The van der Waals surface area contributed by atoms with E-state index in [9.17, 15) is 14.3 Å². The number of benzene rings is 1. The van der Waals surface area contributed by atoms with E-state index < -0.39 is 11.9 Å². The van der Waals surface area contributed by atoms with Crippen LogP contribution in [-0.4, -0.2) is 30.1 Å². The van der Waals surface area contributed by atoms with Gasteiger partial charge in [0.05, 0.1) is 12.1 Å². The molecule has 1 aromatic rings. The quantitative estimate of drug-likeness (QED) is 0.765. The predicted molar refractivity (Wildman–Crippen MR) is 70.0 cm³/mol. The van der Waals surface area contributed by atoms with Gasteiger partial charge in [0.2, 0.25) is 5.91 Å². The van der Waals surface area contributed by atoms with Crippen LogP contribution in [0.3, 0.4) is 0 Å². The van der Waals surface area contributed by atoms with Gasteiger partial charge >= 0.3 is 0 Å². The second-order valence-electron chi connectivity index (χ2n) is 4.78. The van der Waals surface area contributed by atoms with Crippen molar-refractivity contribution in [3.63, 3.8) is 0 Å². The Hall–Kier alpha value is -1.46. The Morgan fingerprint density at radius 1 is 1.47 bits per heavy atom. The standard InChI is InChI=1S/C14H19FN2O2/c15-11-6-2-1-5-10(11)13(18)9-17-14(19)12-7-3-4-8-16-12/h1-2,5-6,12-13,16,18H,3-4,7-9H2,(H,17,19)/t12-,13?/m1/s1. The fourth-order valence-electron chi connectivity index (χ4n) is 2.25. The Balaban J connectivity index is 1.84. The average Bonchev–Trinajstić information content (AvgIpc) is 2.46. The molecule has 0 radical (unpaired) electrons. The molecule has 19 heavy (non-hydrogen) atoms. The summed E-state index contributed by atoms with van der Waals surface area (Å²) in [6.45, 7) is 0.867. The second kappa shape index (κ2) is 6.63. The summed E-state index contributed by atoms with van der Waals surface area (Å²) in [4.78, 5) is 11.8. The lowest BCUT2D eigenvalue weighted by molar-refractivity contribution is -0.124. The Morgan fingerprint density at radius 2 is 2.26 bits per heavy atom. The highest BCUT2D eigenvalue weighted by molar-refractivity contribution is 5.81. The fourth-order valence-corrected chi connectivity index (χ4v) is 2.25. The number of carbonyl (C=O) groups excluding carboxylic acids is 1. The molecule has 0 aliphatic carbocycles. The van der Waals surface area contributed by atoms with Crippen molar-refractivity contribution in [1.82, 2.24) is 10.6 Å². The van der Waals surface area contributed by atoms with Gasteiger partial charge in [-0.3, -0.25) is 4.79 Å². The Morgan fingerprint density at radius 3 is 2.95 bits per heavy atom. The zero-order chi connectivity index (χ0) is 13.7. The molecule has 0 spiro atoms. The van der Waals surface area contributed by atoms with E-state index in [2.05, 4.69) is 10.6 Å². The molecule has 1 heterocycles. The summed E-state index contributed by atoms with van der Waals surface area (Å²) in [6, 6.07) is 5.85. The molecule has 1 amide bonds. The molecule has 0 aromatic heterocycles. The van der Waals surface area contributed by atoms with Gasteiger partial charge in [0.15, 0.2) is 0 Å². The van der Waals surface area contributed by atoms with E-state index in [0.717, 1.165) is 25.8 Å². The van der Waals surface area contributed by atoms with Crippen LogP contribution in [0.1, 0.15) is 30.9 Å². The van der Waals surface area contributed by atoms with Gasteiger partial charge in [-0.2, -0.15) is 0 Å². The monoisotopic (exact) mass is 266 g/mol. The number of piperidine rings is 1. The summed E-state index contributed by atoms with van der Waals surface area (Å²) in [5, 5.41) is 15.7. The molecule has 3 N–H and O–H groups in total. The topological polar surface area (TPSA) is 61.4 Å². The van der Waals surface area contributed by atoms with Crippen molar-refractivity contribution in [2.24, 2.45) is 0 Å². The highest BCUT2D eigenvalue weighted by Gasteiger charge is 2.21. The third-order valence-corrected chi connectivity index (χ3v) is 3.36. The van der Waals surface area contributed by atoms with Gasteiger partial charge in [0.1, 0.15) is 5.82 Å². The van der Waals surface area contributed by atoms with Crippen LogP contribution in [0.4, 0.5) is 4.39 Å². The van der Waals surface area contributed by atoms with Crippen LogP contribution in [0.5, 0.6) is 0 Å². The van der Waals surface area contributed by atoms with E-state index in [4.69, 9.17) is 0 Å². The molecule has 2 rings (SSSR count). The molecule has 0 bridgehead atoms. The van der Waals surface area contributed by atoms with Crippen molar-refractivity contribution in [2.45, 2.75) is 31.4 Å². The van der Waals surface area contributed by atoms with E-state index in [1.165, 1.54) is 12.1 Å². The largest absolute Gasteiger partial charge is 0.386 e. The third kappa shape index (κ3) is 3.75. The minimum Gasteiger partial charge on any atom is -0.386 e. The first-order chi connectivity index (χ1) is 9.18. The van der Waals surface area contributed by atoms with Crippen LogP contribution >= 0.6 is 0 Å². The number of hydrogen-bond acceptors (Lipinski definition) is 3. The highest BCUT2D eigenvalue weighted by atomic mass is 19.1. The van der Waals surface area contributed by atoms with Crippen molar-refractivity contribution in [3.8, 4) is 0 Å². The van der Waals surface area contributed by atoms with Crippen LogP contribution in [0, 0.1) is 5.82 Å². The summed E-state index contributed by atoms with van der Waals surface area (Å²) in [7, 11) is 0. The van der Waals surface area contributed by atoms with Crippen molar-refractivity contribution in [1.29, 1.82) is 0 Å². The van der Waals surface area contributed by atoms with Crippen LogP contribution in [0.15, 0.2) is 24.3 Å². The second-order valence-corrected chi connectivity index (χ2v) is 4.78. The van der Waals surface area contributed by atoms with Crippen LogP contribution < -0.4 is 10.6 Å². The van der Waals surface area contributed by atoms with E-state index in [1.54, 1.807) is 12.1 Å². The lowest BCUT2D eigenvalue weighted by atomic mass is 10.0. The lowest BCUT2D eigenvalue weighted by Crippen LogP contribution is -2.47. The number of amides is 1. The van der Waals surface area contributed by atoms with Crippen LogP contribution in [0.25, 0.3) is 0 Å². The zero-order valence-electron chi connectivity index (χ0n) is 10.7. The predicted octanol–water partition coefficient (Wildman–Crippen LogP) is 1.12. The number of rotatable bonds is 4. The minimum absolute atomic E-state index is 0.0257. The van der Waals surface area contributed by atoms with Gasteiger partial charge in [-0.25, -0.2) is 4.39 Å². The Kier molecular flexibility index (Phi) is 4.87. The number of aliphatic hydroxyl groups is 1. The van der Waals surface area contributed by atoms with Crippen molar-refractivity contribution >= 4 is 5.91 Å². The normalized spacial score (nSPS) is 20.8. The summed E-state index contributed by atoms with van der Waals surface area (Å²) in [6.07, 6.45) is 1.90. The van der Waals surface area contributed by atoms with Crippen molar-refractivity contribution in [2.75, 3.05) is 13.1 Å². The van der Waals surface area contributed by atoms with Crippen LogP contribution in [0.2, 0.25) is 0 Å². The molecule has 1 aliphatic heterocycles. The molecule has 104 valence electrons. The molecule has 1 unspecified atom stereocenters. The maximum atomic E-state index is 13.4. The molecule has 0 saturated carbocycles. The van der Waals surface area contributed by atoms with Gasteiger partial charge in [-0.05, 0) is 25.5 Å². The first-order valence-corrected chi connectivity index (χ1v) is 6.62. The number of aliphatic hydroxyl groups excluding tert-OH is 1. The summed E-state index contributed by atoms with van der Waals surface area (Å²) in [5.74, 6) is -0.588. The van der Waals surface area contributed by atoms with Crippen molar-refractivity contribution in [3.05, 3.63) is 35.6 Å². The third-order valence-electron chi connectivity index (χ3n) is 3.36. The van der Waals surface area contributed by atoms with Gasteiger partial charge in [-0.15, -0.1) is 0 Å². The highest BCUT2D eigenvalue weighted by Crippen LogP contribution is 2.15. The zero-order valence-corrected chi connectivity index (χ0v) is 10.7. The number of hydrogen-bond donors (Lipinski definition) is 3.